The Morgan fingerprint density at radius 2 is 1.88 bits per heavy atom. The fraction of sp³-hybridized carbons (Fsp3) is 0.182. The van der Waals surface area contributed by atoms with Crippen LogP contribution in [0.5, 0.6) is 11.5 Å². The summed E-state index contributed by atoms with van der Waals surface area (Å²) in [6.45, 7) is -0.440. The predicted octanol–water partition coefficient (Wildman–Crippen LogP) is 3.11. The Balaban J connectivity index is 1.89. The molecule has 0 aliphatic rings. The first-order chi connectivity index (χ1) is 15.4. The van der Waals surface area contributed by atoms with Crippen molar-refractivity contribution in [3.05, 3.63) is 76.5 Å². The van der Waals surface area contributed by atoms with Crippen molar-refractivity contribution in [2.45, 2.75) is 11.4 Å². The van der Waals surface area contributed by atoms with E-state index in [1.54, 1.807) is 30.3 Å². The van der Waals surface area contributed by atoms with Crippen molar-refractivity contribution in [3.63, 3.8) is 0 Å². The molecule has 0 atom stereocenters. The van der Waals surface area contributed by atoms with Crippen LogP contribution in [0.1, 0.15) is 10.4 Å². The average molecular weight is 474 g/mol. The van der Waals surface area contributed by atoms with Gasteiger partial charge >= 0.3 is 0 Å². The number of methoxy groups -OCH3 is 2. The summed E-state index contributed by atoms with van der Waals surface area (Å²) in [5.74, 6) is -0.0619. The van der Waals surface area contributed by atoms with Crippen LogP contribution in [0.2, 0.25) is 0 Å². The summed E-state index contributed by atoms with van der Waals surface area (Å²) in [6, 6.07) is 17.2. The van der Waals surface area contributed by atoms with Crippen LogP contribution >= 0.6 is 11.3 Å². The van der Waals surface area contributed by atoms with Gasteiger partial charge < -0.3 is 9.47 Å². The highest BCUT2D eigenvalue weighted by Gasteiger charge is 2.30. The number of thiophene rings is 1. The fourth-order valence-electron chi connectivity index (χ4n) is 2.87. The van der Waals surface area contributed by atoms with Crippen LogP contribution in [0, 0.1) is 0 Å². The van der Waals surface area contributed by atoms with Crippen LogP contribution in [0.3, 0.4) is 0 Å². The number of nitrogens with one attached hydrogen (secondary N) is 1. The number of carbonyl (C=O) groups is 1. The molecule has 1 N–H and O–H groups in total. The van der Waals surface area contributed by atoms with E-state index in [2.05, 4.69) is 10.5 Å². The van der Waals surface area contributed by atoms with Crippen LogP contribution in [-0.2, 0) is 21.4 Å². The number of hydrogen-bond acceptors (Lipinski definition) is 7. The van der Waals surface area contributed by atoms with Gasteiger partial charge in [-0.1, -0.05) is 36.4 Å². The molecule has 0 radical (unpaired) electrons. The molecule has 0 fully saturated rings. The summed E-state index contributed by atoms with van der Waals surface area (Å²) < 4.78 is 38.6. The number of hydrogen-bond donors (Lipinski definition) is 1. The number of carbonyl (C=O) groups excluding carboxylic acids is 1. The van der Waals surface area contributed by atoms with Crippen LogP contribution in [-0.4, -0.2) is 45.6 Å². The first kappa shape index (κ1) is 23.5. The van der Waals surface area contributed by atoms with Gasteiger partial charge in [0.25, 0.3) is 5.91 Å². The van der Waals surface area contributed by atoms with E-state index in [-0.39, 0.29) is 17.2 Å². The van der Waals surface area contributed by atoms with E-state index in [1.807, 2.05) is 23.6 Å². The lowest BCUT2D eigenvalue weighted by Crippen LogP contribution is -2.39. The summed E-state index contributed by atoms with van der Waals surface area (Å²) >= 11 is 1.47. The zero-order chi connectivity index (χ0) is 23.0. The molecule has 2 aromatic carbocycles. The van der Waals surface area contributed by atoms with E-state index in [0.717, 1.165) is 14.7 Å². The predicted molar refractivity (Wildman–Crippen MR) is 124 cm³/mol. The highest BCUT2D eigenvalue weighted by Crippen LogP contribution is 2.31. The van der Waals surface area contributed by atoms with Gasteiger partial charge in [-0.25, -0.2) is 13.8 Å². The Morgan fingerprint density at radius 1 is 1.09 bits per heavy atom. The number of benzene rings is 2. The van der Waals surface area contributed by atoms with Gasteiger partial charge in [-0.05, 0) is 29.1 Å². The zero-order valence-corrected chi connectivity index (χ0v) is 19.2. The van der Waals surface area contributed by atoms with Gasteiger partial charge in [0.2, 0.25) is 10.0 Å². The first-order valence-electron chi connectivity index (χ1n) is 9.55. The molecular weight excluding hydrogens is 450 g/mol. The zero-order valence-electron chi connectivity index (χ0n) is 17.6. The number of amides is 1. The molecule has 0 spiro atoms. The second-order valence-electron chi connectivity index (χ2n) is 6.58. The average Bonchev–Trinajstić information content (AvgIpc) is 3.32. The number of ether oxygens (including phenoxy) is 2. The molecule has 3 aromatic rings. The topological polar surface area (TPSA) is 97.3 Å². The minimum Gasteiger partial charge on any atom is -0.497 e. The minimum absolute atomic E-state index is 0.00834. The summed E-state index contributed by atoms with van der Waals surface area (Å²) in [4.78, 5) is 13.3. The Morgan fingerprint density at radius 3 is 2.53 bits per heavy atom. The van der Waals surface area contributed by atoms with E-state index in [9.17, 15) is 13.2 Å². The van der Waals surface area contributed by atoms with Crippen molar-refractivity contribution in [1.29, 1.82) is 0 Å². The molecule has 10 heteroatoms. The maximum absolute atomic E-state index is 13.6. The number of sulfonamides is 1. The Hall–Kier alpha value is -3.21. The van der Waals surface area contributed by atoms with Crippen LogP contribution < -0.4 is 14.9 Å². The van der Waals surface area contributed by atoms with Gasteiger partial charge in [-0.3, -0.25) is 4.79 Å². The molecular formula is C22H23N3O5S2. The van der Waals surface area contributed by atoms with Crippen LogP contribution in [0.25, 0.3) is 0 Å². The van der Waals surface area contributed by atoms with Crippen molar-refractivity contribution >= 4 is 33.5 Å². The minimum atomic E-state index is -4.12. The van der Waals surface area contributed by atoms with E-state index in [1.165, 1.54) is 43.9 Å². The quantitative estimate of drug-likeness (QED) is 0.360. The molecule has 0 saturated heterocycles. The van der Waals surface area contributed by atoms with Crippen molar-refractivity contribution in [3.8, 4) is 11.5 Å². The second-order valence-corrected chi connectivity index (χ2v) is 9.47. The maximum Gasteiger partial charge on any atom is 0.255 e. The highest BCUT2D eigenvalue weighted by atomic mass is 32.2. The molecule has 1 heterocycles. The molecule has 8 nitrogen and oxygen atoms in total. The van der Waals surface area contributed by atoms with Crippen molar-refractivity contribution in [2.24, 2.45) is 5.10 Å². The van der Waals surface area contributed by atoms with Gasteiger partial charge in [0.15, 0.2) is 0 Å². The van der Waals surface area contributed by atoms with Crippen molar-refractivity contribution in [2.75, 3.05) is 20.8 Å². The first-order valence-corrected chi connectivity index (χ1v) is 11.9. The molecule has 168 valence electrons. The summed E-state index contributed by atoms with van der Waals surface area (Å²) in [5.41, 5.74) is 3.12. The summed E-state index contributed by atoms with van der Waals surface area (Å²) in [5, 5.41) is 5.80. The van der Waals surface area contributed by atoms with Gasteiger partial charge in [0, 0.05) is 17.5 Å². The molecule has 0 aliphatic carbocycles. The molecule has 1 amide bonds. The van der Waals surface area contributed by atoms with Crippen molar-refractivity contribution < 1.29 is 22.7 Å². The third-order valence-electron chi connectivity index (χ3n) is 4.43. The van der Waals surface area contributed by atoms with Gasteiger partial charge in [-0.2, -0.15) is 9.41 Å². The number of nitrogens with zero attached hydrogens (tertiary/aromatic N) is 2. The molecule has 0 aliphatic heterocycles. The highest BCUT2D eigenvalue weighted by molar-refractivity contribution is 7.89. The van der Waals surface area contributed by atoms with E-state index in [0.29, 0.717) is 5.75 Å². The molecule has 0 saturated carbocycles. The lowest BCUT2D eigenvalue weighted by molar-refractivity contribution is -0.121. The Bertz CT molecular complexity index is 1160. The third kappa shape index (κ3) is 5.94. The van der Waals surface area contributed by atoms with E-state index < -0.39 is 22.5 Å². The summed E-state index contributed by atoms with van der Waals surface area (Å²) in [6.07, 6.45) is 1.50. The standard InChI is InChI=1S/C22H23N3O5S2/c1-29-18-10-11-20(30-2)21(13-18)32(27,28)25(15-17-7-4-3-5-8-17)16-22(26)24-23-14-19-9-6-12-31-19/h3-14H,15-16H2,1-2H3,(H,24,26). The molecule has 0 bridgehead atoms. The lowest BCUT2D eigenvalue weighted by atomic mass is 10.2. The Kier molecular flexibility index (Phi) is 7.98. The van der Waals surface area contributed by atoms with Crippen molar-refractivity contribution in [1.82, 2.24) is 9.73 Å². The van der Waals surface area contributed by atoms with E-state index in [4.69, 9.17) is 9.47 Å². The molecule has 3 rings (SSSR count). The molecule has 32 heavy (non-hydrogen) atoms. The van der Waals surface area contributed by atoms with Crippen LogP contribution in [0.15, 0.2) is 76.0 Å². The number of rotatable bonds is 10. The third-order valence-corrected chi connectivity index (χ3v) is 7.05. The van der Waals surface area contributed by atoms with Crippen LogP contribution in [0.4, 0.5) is 0 Å². The fourth-order valence-corrected chi connectivity index (χ4v) is 5.01. The smallest absolute Gasteiger partial charge is 0.255 e. The molecule has 0 unspecified atom stereocenters. The summed E-state index contributed by atoms with van der Waals surface area (Å²) in [7, 11) is -1.29. The van der Waals surface area contributed by atoms with E-state index >= 15 is 0 Å². The normalized spacial score (nSPS) is 11.6. The van der Waals surface area contributed by atoms with Gasteiger partial charge in [0.05, 0.1) is 27.0 Å². The van der Waals surface area contributed by atoms with Gasteiger partial charge in [0.1, 0.15) is 16.4 Å². The maximum atomic E-state index is 13.6. The molecule has 1 aromatic heterocycles. The largest absolute Gasteiger partial charge is 0.497 e. The SMILES string of the molecule is COc1ccc(OC)c(S(=O)(=O)N(CC(=O)NN=Cc2cccs2)Cc2ccccc2)c1. The monoisotopic (exact) mass is 473 g/mol. The lowest BCUT2D eigenvalue weighted by Gasteiger charge is -2.23. The van der Waals surface area contributed by atoms with Gasteiger partial charge in [-0.15, -0.1) is 11.3 Å². The number of hydrazone groups is 1. The second kappa shape index (κ2) is 10.9. The Labute approximate surface area is 191 Å².